The third-order valence-electron chi connectivity index (χ3n) is 4.66. The average molecular weight is 376 g/mol. The van der Waals surface area contributed by atoms with Gasteiger partial charge in [0.2, 0.25) is 11.8 Å². The van der Waals surface area contributed by atoms with Crippen LogP contribution in [0, 0.1) is 13.8 Å². The molecule has 0 spiro atoms. The predicted octanol–water partition coefficient (Wildman–Crippen LogP) is 2.87. The fourth-order valence-corrected chi connectivity index (χ4v) is 3.15. The first-order chi connectivity index (χ1) is 13.6. The van der Waals surface area contributed by atoms with Gasteiger partial charge in [-0.1, -0.05) is 24.3 Å². The van der Waals surface area contributed by atoms with Gasteiger partial charge in [-0.05, 0) is 37.3 Å². The molecule has 4 rings (SSSR count). The molecule has 0 aliphatic heterocycles. The molecule has 0 atom stereocenters. The molecule has 0 aliphatic carbocycles. The highest BCUT2D eigenvalue weighted by molar-refractivity contribution is 5.92. The number of nitrogens with one attached hydrogen (secondary N) is 2. The van der Waals surface area contributed by atoms with E-state index in [-0.39, 0.29) is 12.5 Å². The number of amides is 1. The van der Waals surface area contributed by atoms with Gasteiger partial charge >= 0.3 is 0 Å². The normalized spacial score (nSPS) is 11.1. The van der Waals surface area contributed by atoms with Gasteiger partial charge in [-0.15, -0.1) is 10.2 Å². The molecular weight excluding hydrogens is 356 g/mol. The van der Waals surface area contributed by atoms with Crippen molar-refractivity contribution in [3.63, 3.8) is 0 Å². The molecule has 8 heteroatoms. The van der Waals surface area contributed by atoms with Crippen LogP contribution in [0.2, 0.25) is 0 Å². The smallest absolute Gasteiger partial charge is 0.266 e. The number of rotatable bonds is 6. The van der Waals surface area contributed by atoms with E-state index < -0.39 is 0 Å². The molecule has 3 aromatic heterocycles. The van der Waals surface area contributed by atoms with Gasteiger partial charge in [0.25, 0.3) is 5.89 Å². The SMILES string of the molecule is Cc1n[nH]c(C)c1CCC(=O)NCc1nnc(-c2nccc3ccccc23)o1. The van der Waals surface area contributed by atoms with Crippen molar-refractivity contribution >= 4 is 16.7 Å². The van der Waals surface area contributed by atoms with Gasteiger partial charge in [0, 0.05) is 23.7 Å². The first-order valence-electron chi connectivity index (χ1n) is 9.05. The van der Waals surface area contributed by atoms with Crippen molar-refractivity contribution in [2.24, 2.45) is 0 Å². The van der Waals surface area contributed by atoms with Crippen molar-refractivity contribution in [3.05, 3.63) is 59.4 Å². The summed E-state index contributed by atoms with van der Waals surface area (Å²) in [5.74, 6) is 0.600. The van der Waals surface area contributed by atoms with Crippen LogP contribution >= 0.6 is 0 Å². The molecule has 0 unspecified atom stereocenters. The first kappa shape index (κ1) is 17.8. The Morgan fingerprint density at radius 2 is 2.04 bits per heavy atom. The molecule has 4 aromatic rings. The van der Waals surface area contributed by atoms with Crippen molar-refractivity contribution in [1.82, 2.24) is 30.7 Å². The number of pyridine rings is 1. The Morgan fingerprint density at radius 1 is 1.18 bits per heavy atom. The van der Waals surface area contributed by atoms with E-state index in [0.717, 1.165) is 27.7 Å². The molecule has 1 amide bonds. The highest BCUT2D eigenvalue weighted by Gasteiger charge is 2.14. The van der Waals surface area contributed by atoms with Crippen LogP contribution in [-0.2, 0) is 17.8 Å². The highest BCUT2D eigenvalue weighted by Crippen LogP contribution is 2.25. The number of hydrogen-bond donors (Lipinski definition) is 2. The van der Waals surface area contributed by atoms with Gasteiger partial charge in [0.15, 0.2) is 0 Å². The van der Waals surface area contributed by atoms with Crippen molar-refractivity contribution in [3.8, 4) is 11.6 Å². The zero-order chi connectivity index (χ0) is 19.5. The zero-order valence-corrected chi connectivity index (χ0v) is 15.7. The van der Waals surface area contributed by atoms with Crippen molar-refractivity contribution in [2.45, 2.75) is 33.2 Å². The topological polar surface area (TPSA) is 110 Å². The van der Waals surface area contributed by atoms with Gasteiger partial charge in [-0.25, -0.2) is 0 Å². The molecule has 1 aromatic carbocycles. The fourth-order valence-electron chi connectivity index (χ4n) is 3.15. The molecule has 3 heterocycles. The summed E-state index contributed by atoms with van der Waals surface area (Å²) in [6, 6.07) is 9.80. The van der Waals surface area contributed by atoms with E-state index in [1.807, 2.05) is 44.2 Å². The molecule has 8 nitrogen and oxygen atoms in total. The van der Waals surface area contributed by atoms with Gasteiger partial charge in [-0.3, -0.25) is 14.9 Å². The summed E-state index contributed by atoms with van der Waals surface area (Å²) in [5, 5.41) is 20.0. The lowest BCUT2D eigenvalue weighted by Crippen LogP contribution is -2.23. The van der Waals surface area contributed by atoms with Crippen LogP contribution in [0.1, 0.15) is 29.3 Å². The maximum atomic E-state index is 12.1. The molecule has 0 saturated carbocycles. The van der Waals surface area contributed by atoms with Crippen LogP contribution in [0.4, 0.5) is 0 Å². The summed E-state index contributed by atoms with van der Waals surface area (Å²) >= 11 is 0. The number of aromatic nitrogens is 5. The number of H-pyrrole nitrogens is 1. The second-order valence-electron chi connectivity index (χ2n) is 6.57. The summed E-state index contributed by atoms with van der Waals surface area (Å²) in [6.07, 6.45) is 2.71. The Balaban J connectivity index is 1.39. The standard InChI is InChI=1S/C20H20N6O2/c1-12-15(13(2)24-23-12)7-8-17(27)22-11-18-25-26-20(28-18)19-16-6-4-3-5-14(16)9-10-21-19/h3-6,9-10H,7-8,11H2,1-2H3,(H,22,27)(H,23,24). The lowest BCUT2D eigenvalue weighted by molar-refractivity contribution is -0.121. The quantitative estimate of drug-likeness (QED) is 0.535. The molecular formula is C20H20N6O2. The molecule has 142 valence electrons. The number of fused-ring (bicyclic) bond motifs is 1. The molecule has 2 N–H and O–H groups in total. The second-order valence-corrected chi connectivity index (χ2v) is 6.57. The van der Waals surface area contributed by atoms with Crippen LogP contribution in [-0.4, -0.2) is 31.3 Å². The summed E-state index contributed by atoms with van der Waals surface area (Å²) in [7, 11) is 0. The minimum atomic E-state index is -0.0805. The molecule has 0 radical (unpaired) electrons. The van der Waals surface area contributed by atoms with Crippen molar-refractivity contribution in [2.75, 3.05) is 0 Å². The Labute approximate surface area is 161 Å². The number of benzene rings is 1. The fraction of sp³-hybridized carbons (Fsp3) is 0.250. The van der Waals surface area contributed by atoms with E-state index in [4.69, 9.17) is 4.42 Å². The predicted molar refractivity (Wildman–Crippen MR) is 103 cm³/mol. The molecule has 0 aliphatic rings. The number of carbonyl (C=O) groups is 1. The van der Waals surface area contributed by atoms with Crippen molar-refractivity contribution < 1.29 is 9.21 Å². The summed E-state index contributed by atoms with van der Waals surface area (Å²) in [4.78, 5) is 16.5. The Kier molecular flexibility index (Phi) is 4.84. The Morgan fingerprint density at radius 3 is 2.86 bits per heavy atom. The number of carbonyl (C=O) groups excluding carboxylic acids is 1. The Bertz CT molecular complexity index is 1110. The van der Waals surface area contributed by atoms with E-state index in [2.05, 4.69) is 30.7 Å². The molecule has 0 saturated heterocycles. The van der Waals surface area contributed by atoms with Gasteiger partial charge in [-0.2, -0.15) is 5.10 Å². The van der Waals surface area contributed by atoms with E-state index in [1.54, 1.807) is 6.20 Å². The monoisotopic (exact) mass is 376 g/mol. The van der Waals surface area contributed by atoms with Gasteiger partial charge in [0.1, 0.15) is 5.69 Å². The van der Waals surface area contributed by atoms with Crippen LogP contribution in [0.15, 0.2) is 40.9 Å². The second kappa shape index (κ2) is 7.59. The maximum Gasteiger partial charge on any atom is 0.266 e. The highest BCUT2D eigenvalue weighted by atomic mass is 16.4. The lowest BCUT2D eigenvalue weighted by Gasteiger charge is -2.03. The largest absolute Gasteiger partial charge is 0.417 e. The zero-order valence-electron chi connectivity index (χ0n) is 15.7. The molecule has 0 bridgehead atoms. The third-order valence-corrected chi connectivity index (χ3v) is 4.66. The summed E-state index contributed by atoms with van der Waals surface area (Å²) in [5.41, 5.74) is 3.63. The van der Waals surface area contributed by atoms with Crippen LogP contribution in [0.3, 0.4) is 0 Å². The van der Waals surface area contributed by atoms with E-state index in [0.29, 0.717) is 30.3 Å². The molecule has 0 fully saturated rings. The molecule has 28 heavy (non-hydrogen) atoms. The first-order valence-corrected chi connectivity index (χ1v) is 9.05. The van der Waals surface area contributed by atoms with E-state index in [9.17, 15) is 4.79 Å². The average Bonchev–Trinajstić information content (AvgIpc) is 3.31. The van der Waals surface area contributed by atoms with Crippen molar-refractivity contribution in [1.29, 1.82) is 0 Å². The summed E-state index contributed by atoms with van der Waals surface area (Å²) in [6.45, 7) is 4.06. The number of nitrogens with zero attached hydrogens (tertiary/aromatic N) is 4. The van der Waals surface area contributed by atoms with Gasteiger partial charge in [0.05, 0.1) is 12.2 Å². The van der Waals surface area contributed by atoms with Crippen LogP contribution in [0.5, 0.6) is 0 Å². The number of aromatic amines is 1. The number of hydrogen-bond acceptors (Lipinski definition) is 6. The summed E-state index contributed by atoms with van der Waals surface area (Å²) < 4.78 is 5.70. The lowest BCUT2D eigenvalue weighted by atomic mass is 10.1. The third kappa shape index (κ3) is 3.62. The number of aryl methyl sites for hydroxylation is 2. The van der Waals surface area contributed by atoms with Gasteiger partial charge < -0.3 is 9.73 Å². The van der Waals surface area contributed by atoms with Crippen LogP contribution < -0.4 is 5.32 Å². The van der Waals surface area contributed by atoms with Crippen LogP contribution in [0.25, 0.3) is 22.4 Å². The van der Waals surface area contributed by atoms with E-state index in [1.165, 1.54) is 0 Å². The maximum absolute atomic E-state index is 12.1. The van der Waals surface area contributed by atoms with E-state index >= 15 is 0 Å². The Hall–Kier alpha value is -3.55. The minimum Gasteiger partial charge on any atom is -0.417 e. The minimum absolute atomic E-state index is 0.0805.